The van der Waals surface area contributed by atoms with Gasteiger partial charge in [-0.25, -0.2) is 4.98 Å². The number of aliphatic hydroxyl groups excluding tert-OH is 1. The summed E-state index contributed by atoms with van der Waals surface area (Å²) in [5, 5.41) is 26.4. The number of aryl methyl sites for hydroxylation is 1. The molecule has 2 atom stereocenters. The highest BCUT2D eigenvalue weighted by molar-refractivity contribution is 7.22. The number of benzene rings is 2. The predicted molar refractivity (Wildman–Crippen MR) is 148 cm³/mol. The minimum absolute atomic E-state index is 0.00448. The summed E-state index contributed by atoms with van der Waals surface area (Å²) in [5.41, 5.74) is 1.25. The van der Waals surface area contributed by atoms with Crippen LogP contribution in [0.15, 0.2) is 48.7 Å². The van der Waals surface area contributed by atoms with E-state index in [-0.39, 0.29) is 18.7 Å². The molecule has 1 fully saturated rings. The van der Waals surface area contributed by atoms with E-state index in [0.29, 0.717) is 45.7 Å². The molecule has 2 aromatic carbocycles. The number of carbonyl (C=O) groups is 2. The summed E-state index contributed by atoms with van der Waals surface area (Å²) in [6.45, 7) is 0.394. The van der Waals surface area contributed by atoms with Crippen molar-refractivity contribution in [2.75, 3.05) is 11.9 Å². The quantitative estimate of drug-likeness (QED) is 0.228. The van der Waals surface area contributed by atoms with Crippen LogP contribution < -0.4 is 5.32 Å². The third-order valence-electron chi connectivity index (χ3n) is 6.26. The summed E-state index contributed by atoms with van der Waals surface area (Å²) in [5.74, 6) is -1.07. The number of hydrogen-bond donors (Lipinski definition) is 3. The molecule has 7 nitrogen and oxygen atoms in total. The summed E-state index contributed by atoms with van der Waals surface area (Å²) < 4.78 is 1.16. The Bertz CT molecular complexity index is 1440. The maximum Gasteiger partial charge on any atom is 0.303 e. The number of thiophene rings is 1. The average Bonchev–Trinajstić information content (AvgIpc) is 3.58. The van der Waals surface area contributed by atoms with E-state index < -0.39 is 18.1 Å². The molecule has 3 heterocycles. The highest BCUT2D eigenvalue weighted by Gasteiger charge is 2.39. The van der Waals surface area contributed by atoms with E-state index in [1.165, 1.54) is 11.3 Å². The molecule has 1 aliphatic heterocycles. The number of hydrogen-bond acceptors (Lipinski definition) is 7. The summed E-state index contributed by atoms with van der Waals surface area (Å²) >= 11 is 16.1. The van der Waals surface area contributed by atoms with E-state index in [0.717, 1.165) is 20.0 Å². The Hall–Kier alpha value is -2.69. The SMILES string of the molecule is O=C(O)CCc1cnc([C@@H]2[C@@H](O)CCN2C(=O)Cc2cc(Cl)c(Nc3cc4ccccc4s3)cc2Cl)s1. The van der Waals surface area contributed by atoms with Gasteiger partial charge in [0.05, 0.1) is 34.7 Å². The Kier molecular flexibility index (Phi) is 7.69. The Labute approximate surface area is 231 Å². The first kappa shape index (κ1) is 25.9. The van der Waals surface area contributed by atoms with Gasteiger partial charge in [-0.2, -0.15) is 0 Å². The topological polar surface area (TPSA) is 103 Å². The lowest BCUT2D eigenvalue weighted by atomic mass is 10.1. The van der Waals surface area contributed by atoms with Crippen LogP contribution in [-0.2, 0) is 22.4 Å². The minimum Gasteiger partial charge on any atom is -0.481 e. The summed E-state index contributed by atoms with van der Waals surface area (Å²) in [6, 6.07) is 13.0. The predicted octanol–water partition coefficient (Wildman–Crippen LogP) is 6.30. The lowest BCUT2D eigenvalue weighted by molar-refractivity contribution is -0.137. The van der Waals surface area contributed by atoms with Crippen LogP contribution in [0.1, 0.15) is 34.3 Å². The number of carboxylic acids is 1. The number of carboxylic acid groups (broad SMARTS) is 1. The lowest BCUT2D eigenvalue weighted by Crippen LogP contribution is -2.34. The number of carbonyl (C=O) groups excluding carboxylic acids is 1. The van der Waals surface area contributed by atoms with Gasteiger partial charge in [0, 0.05) is 27.3 Å². The van der Waals surface area contributed by atoms with Gasteiger partial charge >= 0.3 is 5.97 Å². The maximum atomic E-state index is 13.3. The number of nitrogens with one attached hydrogen (secondary N) is 1. The molecule has 0 radical (unpaired) electrons. The van der Waals surface area contributed by atoms with Gasteiger partial charge in [0.2, 0.25) is 5.91 Å². The van der Waals surface area contributed by atoms with Crippen molar-refractivity contribution in [1.29, 1.82) is 0 Å². The van der Waals surface area contributed by atoms with E-state index >= 15 is 0 Å². The number of thiazole rings is 1. The first-order chi connectivity index (χ1) is 17.8. The van der Waals surface area contributed by atoms with Crippen molar-refractivity contribution in [3.63, 3.8) is 0 Å². The van der Waals surface area contributed by atoms with E-state index in [4.69, 9.17) is 28.3 Å². The standard InChI is InChI=1S/C26H23Cl2N3O4S2/c27-17-12-19(30-22-10-14-3-1-2-4-21(14)37-22)18(28)9-15(17)11-23(33)31-8-7-20(32)25(31)26-29-13-16(36-26)5-6-24(34)35/h1-4,9-10,12-13,20,25,30,32H,5-8,11H2,(H,34,35)/t20-,25-/m0/s1. The first-order valence-electron chi connectivity index (χ1n) is 11.7. The molecule has 37 heavy (non-hydrogen) atoms. The second-order valence-corrected chi connectivity index (χ2v) is 11.9. The fourth-order valence-corrected chi connectivity index (χ4v) is 6.95. The number of fused-ring (bicyclic) bond motifs is 1. The molecule has 0 spiro atoms. The van der Waals surface area contributed by atoms with Crippen LogP contribution in [0.25, 0.3) is 10.1 Å². The van der Waals surface area contributed by atoms with E-state index in [9.17, 15) is 14.7 Å². The van der Waals surface area contributed by atoms with Crippen molar-refractivity contribution in [2.24, 2.45) is 0 Å². The van der Waals surface area contributed by atoms with Crippen molar-refractivity contribution < 1.29 is 19.8 Å². The molecular weight excluding hydrogens is 553 g/mol. The number of aromatic nitrogens is 1. The molecule has 192 valence electrons. The highest BCUT2D eigenvalue weighted by Crippen LogP contribution is 2.38. The molecular formula is C26H23Cl2N3O4S2. The first-order valence-corrected chi connectivity index (χ1v) is 14.0. The second kappa shape index (κ2) is 11.0. The van der Waals surface area contributed by atoms with Gasteiger partial charge in [0.25, 0.3) is 0 Å². The average molecular weight is 577 g/mol. The largest absolute Gasteiger partial charge is 0.481 e. The van der Waals surface area contributed by atoms with E-state index in [1.807, 2.05) is 24.3 Å². The number of aliphatic carboxylic acids is 1. The van der Waals surface area contributed by atoms with Crippen LogP contribution in [0, 0.1) is 0 Å². The molecule has 3 N–H and O–H groups in total. The number of anilines is 2. The van der Waals surface area contributed by atoms with Crippen LogP contribution >= 0.6 is 45.9 Å². The van der Waals surface area contributed by atoms with Crippen LogP contribution in [0.4, 0.5) is 10.7 Å². The zero-order chi connectivity index (χ0) is 26.1. The highest BCUT2D eigenvalue weighted by atomic mass is 35.5. The van der Waals surface area contributed by atoms with E-state index in [2.05, 4.69) is 16.4 Å². The van der Waals surface area contributed by atoms with Crippen molar-refractivity contribution >= 4 is 78.5 Å². The van der Waals surface area contributed by atoms with Gasteiger partial charge in [-0.15, -0.1) is 22.7 Å². The molecule has 5 rings (SSSR count). The molecule has 0 saturated carbocycles. The van der Waals surface area contributed by atoms with Gasteiger partial charge in [-0.05, 0) is 48.1 Å². The molecule has 11 heteroatoms. The summed E-state index contributed by atoms with van der Waals surface area (Å²) in [7, 11) is 0. The molecule has 1 saturated heterocycles. The normalized spacial score (nSPS) is 17.4. The molecule has 0 unspecified atom stereocenters. The van der Waals surface area contributed by atoms with Crippen LogP contribution in [0.2, 0.25) is 10.0 Å². The maximum absolute atomic E-state index is 13.3. The Morgan fingerprint density at radius 2 is 1.95 bits per heavy atom. The number of likely N-dealkylation sites (tertiary alicyclic amines) is 1. The van der Waals surface area contributed by atoms with Gasteiger partial charge < -0.3 is 20.4 Å². The molecule has 0 bridgehead atoms. The van der Waals surface area contributed by atoms with Crippen LogP contribution in [0.5, 0.6) is 0 Å². The smallest absolute Gasteiger partial charge is 0.303 e. The Morgan fingerprint density at radius 1 is 1.14 bits per heavy atom. The zero-order valence-electron chi connectivity index (χ0n) is 19.5. The summed E-state index contributed by atoms with van der Waals surface area (Å²) in [4.78, 5) is 31.0. The number of rotatable bonds is 8. The van der Waals surface area contributed by atoms with Crippen LogP contribution in [0.3, 0.4) is 0 Å². The molecule has 4 aromatic rings. The van der Waals surface area contributed by atoms with Gasteiger partial charge in [-0.3, -0.25) is 9.59 Å². The van der Waals surface area contributed by atoms with Gasteiger partial charge in [0.1, 0.15) is 11.0 Å². The van der Waals surface area contributed by atoms with Crippen molar-refractivity contribution in [3.8, 4) is 0 Å². The molecule has 0 aliphatic carbocycles. The Morgan fingerprint density at radius 3 is 2.73 bits per heavy atom. The molecule has 1 amide bonds. The van der Waals surface area contributed by atoms with Crippen molar-refractivity contribution in [2.45, 2.75) is 37.8 Å². The third kappa shape index (κ3) is 5.76. The van der Waals surface area contributed by atoms with Gasteiger partial charge in [0.15, 0.2) is 0 Å². The zero-order valence-corrected chi connectivity index (χ0v) is 22.6. The number of nitrogens with zero attached hydrogens (tertiary/aromatic N) is 2. The van der Waals surface area contributed by atoms with Crippen molar-refractivity contribution in [1.82, 2.24) is 9.88 Å². The van der Waals surface area contributed by atoms with Crippen molar-refractivity contribution in [3.05, 3.63) is 74.2 Å². The summed E-state index contributed by atoms with van der Waals surface area (Å²) in [6.07, 6.45) is 1.71. The Balaban J connectivity index is 1.30. The third-order valence-corrected chi connectivity index (χ3v) is 9.08. The molecule has 1 aliphatic rings. The van der Waals surface area contributed by atoms with E-state index in [1.54, 1.807) is 34.6 Å². The minimum atomic E-state index is -0.881. The lowest BCUT2D eigenvalue weighted by Gasteiger charge is -2.25. The second-order valence-electron chi connectivity index (χ2n) is 8.82. The number of aliphatic hydroxyl groups is 1. The van der Waals surface area contributed by atoms with Gasteiger partial charge in [-0.1, -0.05) is 41.4 Å². The fourth-order valence-electron chi connectivity index (χ4n) is 4.42. The number of amides is 1. The number of halogens is 2. The van der Waals surface area contributed by atoms with Crippen LogP contribution in [-0.4, -0.2) is 44.6 Å². The fraction of sp³-hybridized carbons (Fsp3) is 0.269. The monoisotopic (exact) mass is 575 g/mol. The molecule has 2 aromatic heterocycles.